The van der Waals surface area contributed by atoms with Gasteiger partial charge in [-0.05, 0) is 59.5 Å². The fourth-order valence-corrected chi connectivity index (χ4v) is 3.53. The van der Waals surface area contributed by atoms with E-state index >= 15 is 0 Å². The smallest absolute Gasteiger partial charge is 0.267 e. The first-order valence-electron chi connectivity index (χ1n) is 10.3. The fourth-order valence-electron chi connectivity index (χ4n) is 3.53. The van der Waals surface area contributed by atoms with Gasteiger partial charge in [-0.3, -0.25) is 10.0 Å². The Morgan fingerprint density at radius 3 is 2.48 bits per heavy atom. The highest BCUT2D eigenvalue weighted by Crippen LogP contribution is 2.24. The molecule has 0 saturated carbocycles. The molecular formula is C26H25N3O2. The summed E-state index contributed by atoms with van der Waals surface area (Å²) in [5.74, 6) is -0.542. The monoisotopic (exact) mass is 411 g/mol. The molecular weight excluding hydrogens is 386 g/mol. The molecule has 1 amide bonds. The van der Waals surface area contributed by atoms with Crippen molar-refractivity contribution in [3.8, 4) is 11.3 Å². The first kappa shape index (κ1) is 20.6. The summed E-state index contributed by atoms with van der Waals surface area (Å²) in [6.45, 7) is 1.67. The predicted molar refractivity (Wildman–Crippen MR) is 125 cm³/mol. The van der Waals surface area contributed by atoms with Crippen molar-refractivity contribution in [2.45, 2.75) is 13.0 Å². The molecule has 0 saturated heterocycles. The molecule has 0 fully saturated rings. The van der Waals surface area contributed by atoms with Crippen LogP contribution in [0.25, 0.3) is 28.2 Å². The Hall–Kier alpha value is -3.67. The van der Waals surface area contributed by atoms with E-state index in [9.17, 15) is 4.79 Å². The van der Waals surface area contributed by atoms with Crippen LogP contribution >= 0.6 is 0 Å². The summed E-state index contributed by atoms with van der Waals surface area (Å²) < 4.78 is 0. The van der Waals surface area contributed by atoms with Crippen LogP contribution in [0.2, 0.25) is 0 Å². The van der Waals surface area contributed by atoms with Crippen LogP contribution in [0.5, 0.6) is 0 Å². The summed E-state index contributed by atoms with van der Waals surface area (Å²) in [6.07, 6.45) is 3.90. The Morgan fingerprint density at radius 1 is 0.935 bits per heavy atom. The zero-order valence-corrected chi connectivity index (χ0v) is 17.1. The van der Waals surface area contributed by atoms with Crippen molar-refractivity contribution < 1.29 is 10.0 Å². The highest BCUT2D eigenvalue weighted by Gasteiger charge is 2.04. The van der Waals surface area contributed by atoms with Crippen molar-refractivity contribution in [3.05, 3.63) is 102 Å². The van der Waals surface area contributed by atoms with Crippen LogP contribution < -0.4 is 10.8 Å². The van der Waals surface area contributed by atoms with Crippen molar-refractivity contribution >= 4 is 22.9 Å². The maximum atomic E-state index is 11.0. The van der Waals surface area contributed by atoms with Crippen molar-refractivity contribution in [1.29, 1.82) is 0 Å². The predicted octanol–water partition coefficient (Wildman–Crippen LogP) is 4.69. The Morgan fingerprint density at radius 2 is 1.71 bits per heavy atom. The normalized spacial score (nSPS) is 11.3. The van der Waals surface area contributed by atoms with Gasteiger partial charge in [-0.15, -0.1) is 0 Å². The molecule has 3 aromatic carbocycles. The molecule has 156 valence electrons. The number of H-pyrrole nitrogens is 1. The lowest BCUT2D eigenvalue weighted by atomic mass is 10.1. The van der Waals surface area contributed by atoms with Gasteiger partial charge in [-0.25, -0.2) is 5.48 Å². The number of rotatable bonds is 8. The molecule has 5 nitrogen and oxygen atoms in total. The molecule has 1 heterocycles. The van der Waals surface area contributed by atoms with Crippen molar-refractivity contribution in [2.75, 3.05) is 6.54 Å². The molecule has 0 unspecified atom stereocenters. The van der Waals surface area contributed by atoms with E-state index in [0.717, 1.165) is 36.3 Å². The standard InChI is InChI=1S/C26H25N3O2/c30-26(29-31)13-11-19-6-8-21(9-7-19)18-27-15-14-20-10-12-24-23(16-20)17-25(28-24)22-4-2-1-3-5-22/h1-13,16-17,27-28,31H,14-15,18H2,(H,29,30)/b13-11+. The number of carbonyl (C=O) groups excluding carboxylic acids is 1. The number of nitrogens with one attached hydrogen (secondary N) is 3. The van der Waals surface area contributed by atoms with E-state index in [1.807, 2.05) is 30.3 Å². The summed E-state index contributed by atoms with van der Waals surface area (Å²) in [5.41, 5.74) is 8.45. The number of hydrogen-bond acceptors (Lipinski definition) is 3. The van der Waals surface area contributed by atoms with Gasteiger partial charge in [0.05, 0.1) is 0 Å². The number of amides is 1. The van der Waals surface area contributed by atoms with Crippen LogP contribution in [-0.2, 0) is 17.8 Å². The molecule has 0 aliphatic carbocycles. The lowest BCUT2D eigenvalue weighted by molar-refractivity contribution is -0.124. The SMILES string of the molecule is O=C(/C=C/c1ccc(CNCCc2ccc3[nH]c(-c4ccccc4)cc3c2)cc1)NO. The number of fused-ring (bicyclic) bond motifs is 1. The van der Waals surface area contributed by atoms with Crippen LogP contribution in [0.15, 0.2) is 84.9 Å². The Kier molecular flexibility index (Phi) is 6.57. The van der Waals surface area contributed by atoms with Crippen molar-refractivity contribution in [3.63, 3.8) is 0 Å². The molecule has 4 N–H and O–H groups in total. The summed E-state index contributed by atoms with van der Waals surface area (Å²) in [4.78, 5) is 14.5. The summed E-state index contributed by atoms with van der Waals surface area (Å²) in [7, 11) is 0. The zero-order valence-electron chi connectivity index (χ0n) is 17.1. The van der Waals surface area contributed by atoms with Crippen LogP contribution in [0.3, 0.4) is 0 Å². The van der Waals surface area contributed by atoms with Gasteiger partial charge in [0.25, 0.3) is 5.91 Å². The maximum Gasteiger partial charge on any atom is 0.267 e. The average Bonchev–Trinajstić information content (AvgIpc) is 3.25. The third-order valence-corrected chi connectivity index (χ3v) is 5.21. The lowest BCUT2D eigenvalue weighted by Gasteiger charge is -2.06. The number of hydrogen-bond donors (Lipinski definition) is 4. The molecule has 0 radical (unpaired) electrons. The van der Waals surface area contributed by atoms with Crippen LogP contribution in [0.1, 0.15) is 16.7 Å². The van der Waals surface area contributed by atoms with E-state index in [1.165, 1.54) is 28.2 Å². The molecule has 31 heavy (non-hydrogen) atoms. The van der Waals surface area contributed by atoms with Crippen LogP contribution in [0, 0.1) is 0 Å². The Bertz CT molecular complexity index is 1180. The second kappa shape index (κ2) is 9.89. The molecule has 5 heteroatoms. The zero-order chi connectivity index (χ0) is 21.5. The fraction of sp³-hybridized carbons (Fsp3) is 0.115. The molecule has 0 aliphatic rings. The Balaban J connectivity index is 1.29. The first-order valence-corrected chi connectivity index (χ1v) is 10.3. The van der Waals surface area contributed by atoms with Gasteiger partial charge >= 0.3 is 0 Å². The molecule has 0 bridgehead atoms. The van der Waals surface area contributed by atoms with Gasteiger partial charge in [-0.2, -0.15) is 0 Å². The second-order valence-corrected chi connectivity index (χ2v) is 7.45. The van der Waals surface area contributed by atoms with E-state index in [2.05, 4.69) is 58.8 Å². The van der Waals surface area contributed by atoms with Crippen molar-refractivity contribution in [2.24, 2.45) is 0 Å². The summed E-state index contributed by atoms with van der Waals surface area (Å²) in [6, 6.07) is 27.1. The third kappa shape index (κ3) is 5.48. The maximum absolute atomic E-state index is 11.0. The summed E-state index contributed by atoms with van der Waals surface area (Å²) >= 11 is 0. The van der Waals surface area contributed by atoms with Gasteiger partial charge in [0.2, 0.25) is 0 Å². The van der Waals surface area contributed by atoms with E-state index < -0.39 is 5.91 Å². The number of hydroxylamine groups is 1. The largest absolute Gasteiger partial charge is 0.355 e. The number of aromatic nitrogens is 1. The average molecular weight is 412 g/mol. The van der Waals surface area contributed by atoms with Crippen LogP contribution in [0.4, 0.5) is 0 Å². The lowest BCUT2D eigenvalue weighted by Crippen LogP contribution is -2.16. The van der Waals surface area contributed by atoms with E-state index in [0.29, 0.717) is 0 Å². The summed E-state index contributed by atoms with van der Waals surface area (Å²) in [5, 5.41) is 13.2. The molecule has 1 aromatic heterocycles. The van der Waals surface area contributed by atoms with Gasteiger partial charge in [-0.1, -0.05) is 60.7 Å². The van der Waals surface area contributed by atoms with Crippen molar-refractivity contribution in [1.82, 2.24) is 15.8 Å². The van der Waals surface area contributed by atoms with Gasteiger partial charge in [0.1, 0.15) is 0 Å². The highest BCUT2D eigenvalue weighted by molar-refractivity contribution is 5.90. The first-order chi connectivity index (χ1) is 15.2. The van der Waals surface area contributed by atoms with E-state index in [1.54, 1.807) is 11.6 Å². The van der Waals surface area contributed by atoms with E-state index in [4.69, 9.17) is 5.21 Å². The molecule has 0 atom stereocenters. The number of aromatic amines is 1. The quantitative estimate of drug-likeness (QED) is 0.147. The molecule has 4 aromatic rings. The van der Waals surface area contributed by atoms with E-state index in [-0.39, 0.29) is 0 Å². The Labute approximate surface area is 181 Å². The van der Waals surface area contributed by atoms with Crippen LogP contribution in [-0.4, -0.2) is 22.6 Å². The van der Waals surface area contributed by atoms with Gasteiger partial charge in [0.15, 0.2) is 0 Å². The molecule has 4 rings (SSSR count). The van der Waals surface area contributed by atoms with Gasteiger partial charge < -0.3 is 10.3 Å². The molecule has 0 spiro atoms. The number of carbonyl (C=O) groups is 1. The minimum absolute atomic E-state index is 0.542. The third-order valence-electron chi connectivity index (χ3n) is 5.21. The molecule has 0 aliphatic heterocycles. The minimum atomic E-state index is -0.542. The highest BCUT2D eigenvalue weighted by atomic mass is 16.5. The van der Waals surface area contributed by atoms with Gasteiger partial charge in [0, 0.05) is 29.2 Å². The minimum Gasteiger partial charge on any atom is -0.355 e. The second-order valence-electron chi connectivity index (χ2n) is 7.45. The topological polar surface area (TPSA) is 77.2 Å². The number of benzene rings is 3.